The van der Waals surface area contributed by atoms with Gasteiger partial charge in [-0.25, -0.2) is 0 Å². The van der Waals surface area contributed by atoms with Gasteiger partial charge in [-0.1, -0.05) is 23.7 Å². The van der Waals surface area contributed by atoms with Crippen molar-refractivity contribution in [2.45, 2.75) is 12.5 Å². The molecule has 0 aliphatic carbocycles. The SMILES string of the molecule is CNC(c1ccc(I)cc1)c1cc2c(cc1Cl)NC(=O)C2. The van der Waals surface area contributed by atoms with Crippen LogP contribution in [0.3, 0.4) is 0 Å². The van der Waals surface area contributed by atoms with Gasteiger partial charge >= 0.3 is 0 Å². The monoisotopic (exact) mass is 412 g/mol. The Bertz CT molecular complexity index is 700. The topological polar surface area (TPSA) is 41.1 Å². The number of halogens is 2. The molecule has 0 bridgehead atoms. The minimum absolute atomic E-state index is 0.00972. The molecule has 108 valence electrons. The van der Waals surface area contributed by atoms with Crippen molar-refractivity contribution in [2.75, 3.05) is 12.4 Å². The summed E-state index contributed by atoms with van der Waals surface area (Å²) in [5.41, 5.74) is 3.98. The molecule has 1 heterocycles. The molecule has 2 aromatic carbocycles. The molecule has 1 aliphatic heterocycles. The molecular formula is C16H14ClIN2O. The van der Waals surface area contributed by atoms with Gasteiger partial charge in [0.15, 0.2) is 0 Å². The highest BCUT2D eigenvalue weighted by Gasteiger charge is 2.23. The Labute approximate surface area is 142 Å². The van der Waals surface area contributed by atoms with Crippen molar-refractivity contribution in [3.05, 3.63) is 61.7 Å². The first-order valence-corrected chi connectivity index (χ1v) is 8.09. The Hall–Kier alpha value is -1.11. The molecule has 5 heteroatoms. The van der Waals surface area contributed by atoms with Crippen LogP contribution >= 0.6 is 34.2 Å². The average molecular weight is 413 g/mol. The Kier molecular flexibility index (Phi) is 4.19. The van der Waals surface area contributed by atoms with Crippen molar-refractivity contribution in [2.24, 2.45) is 0 Å². The first kappa shape index (κ1) is 14.8. The highest BCUT2D eigenvalue weighted by Crippen LogP contribution is 2.35. The van der Waals surface area contributed by atoms with E-state index in [0.29, 0.717) is 11.4 Å². The van der Waals surface area contributed by atoms with Crippen LogP contribution in [0.1, 0.15) is 22.7 Å². The van der Waals surface area contributed by atoms with Gasteiger partial charge < -0.3 is 10.6 Å². The lowest BCUT2D eigenvalue weighted by atomic mass is 9.96. The fourth-order valence-corrected chi connectivity index (χ4v) is 3.28. The molecule has 1 unspecified atom stereocenters. The van der Waals surface area contributed by atoms with Crippen molar-refractivity contribution in [3.8, 4) is 0 Å². The zero-order valence-electron chi connectivity index (χ0n) is 11.4. The fraction of sp³-hybridized carbons (Fsp3) is 0.188. The van der Waals surface area contributed by atoms with Gasteiger partial charge in [0.05, 0.1) is 12.5 Å². The predicted molar refractivity (Wildman–Crippen MR) is 93.8 cm³/mol. The lowest BCUT2D eigenvalue weighted by Gasteiger charge is -2.19. The molecule has 0 radical (unpaired) electrons. The lowest BCUT2D eigenvalue weighted by molar-refractivity contribution is -0.115. The van der Waals surface area contributed by atoms with E-state index in [1.807, 2.05) is 19.2 Å². The summed E-state index contributed by atoms with van der Waals surface area (Å²) in [5.74, 6) is 0.0217. The van der Waals surface area contributed by atoms with Crippen LogP contribution in [-0.4, -0.2) is 13.0 Å². The van der Waals surface area contributed by atoms with E-state index in [-0.39, 0.29) is 11.9 Å². The summed E-state index contributed by atoms with van der Waals surface area (Å²) in [4.78, 5) is 11.5. The number of amides is 1. The van der Waals surface area contributed by atoms with Crippen LogP contribution in [0.25, 0.3) is 0 Å². The molecule has 1 aliphatic rings. The number of nitrogens with one attached hydrogen (secondary N) is 2. The number of rotatable bonds is 3. The van der Waals surface area contributed by atoms with E-state index in [1.54, 1.807) is 0 Å². The zero-order valence-corrected chi connectivity index (χ0v) is 14.3. The van der Waals surface area contributed by atoms with Gasteiger partial charge in [-0.05, 0) is 70.6 Å². The lowest BCUT2D eigenvalue weighted by Crippen LogP contribution is -2.18. The van der Waals surface area contributed by atoms with Crippen LogP contribution in [0.5, 0.6) is 0 Å². The smallest absolute Gasteiger partial charge is 0.228 e. The van der Waals surface area contributed by atoms with E-state index in [4.69, 9.17) is 11.6 Å². The molecule has 0 aromatic heterocycles. The molecule has 1 atom stereocenters. The Morgan fingerprint density at radius 2 is 2.00 bits per heavy atom. The first-order chi connectivity index (χ1) is 10.1. The van der Waals surface area contributed by atoms with E-state index in [0.717, 1.165) is 22.4 Å². The van der Waals surface area contributed by atoms with Crippen LogP contribution in [0.4, 0.5) is 5.69 Å². The summed E-state index contributed by atoms with van der Waals surface area (Å²) in [6.45, 7) is 0. The molecule has 1 amide bonds. The highest BCUT2D eigenvalue weighted by atomic mass is 127. The van der Waals surface area contributed by atoms with E-state index >= 15 is 0 Å². The largest absolute Gasteiger partial charge is 0.325 e. The zero-order chi connectivity index (χ0) is 15.0. The fourth-order valence-electron chi connectivity index (χ4n) is 2.65. The normalized spacial score (nSPS) is 14.7. The highest BCUT2D eigenvalue weighted by molar-refractivity contribution is 14.1. The van der Waals surface area contributed by atoms with E-state index in [2.05, 4.69) is 57.5 Å². The maximum Gasteiger partial charge on any atom is 0.228 e. The second kappa shape index (κ2) is 5.94. The Balaban J connectivity index is 2.03. The number of anilines is 1. The number of fused-ring (bicyclic) bond motifs is 1. The summed E-state index contributed by atoms with van der Waals surface area (Å²) < 4.78 is 1.20. The van der Waals surface area contributed by atoms with Gasteiger partial charge in [-0.3, -0.25) is 4.79 Å². The Morgan fingerprint density at radius 3 is 2.67 bits per heavy atom. The maximum atomic E-state index is 11.5. The number of carbonyl (C=O) groups excluding carboxylic acids is 1. The molecule has 0 fully saturated rings. The van der Waals surface area contributed by atoms with Crippen LogP contribution in [0, 0.1) is 3.57 Å². The van der Waals surface area contributed by atoms with Crippen LogP contribution < -0.4 is 10.6 Å². The molecule has 2 N–H and O–H groups in total. The summed E-state index contributed by atoms with van der Waals surface area (Å²) in [7, 11) is 1.91. The van der Waals surface area contributed by atoms with Crippen LogP contribution in [-0.2, 0) is 11.2 Å². The van der Waals surface area contributed by atoms with Gasteiger partial charge in [-0.15, -0.1) is 0 Å². The van der Waals surface area contributed by atoms with Crippen LogP contribution in [0.2, 0.25) is 5.02 Å². The van der Waals surface area contributed by atoms with E-state index < -0.39 is 0 Å². The standard InChI is InChI=1S/C16H14ClIN2O/c1-19-16(9-2-4-11(18)5-3-9)12-6-10-7-15(21)20-14(10)8-13(12)17/h2-6,8,16,19H,7H2,1H3,(H,20,21). The van der Waals surface area contributed by atoms with Gasteiger partial charge in [0.2, 0.25) is 5.91 Å². The third kappa shape index (κ3) is 2.93. The quantitative estimate of drug-likeness (QED) is 0.754. The summed E-state index contributed by atoms with van der Waals surface area (Å²) in [6.07, 6.45) is 0.419. The number of hydrogen-bond donors (Lipinski definition) is 2. The first-order valence-electron chi connectivity index (χ1n) is 6.63. The summed E-state index contributed by atoms with van der Waals surface area (Å²) >= 11 is 8.70. The van der Waals surface area contributed by atoms with Crippen molar-refractivity contribution < 1.29 is 4.79 Å². The van der Waals surface area contributed by atoms with Gasteiger partial charge in [0.1, 0.15) is 0 Å². The maximum absolute atomic E-state index is 11.5. The molecular weight excluding hydrogens is 399 g/mol. The second-order valence-corrected chi connectivity index (χ2v) is 6.68. The number of carbonyl (C=O) groups is 1. The third-order valence-electron chi connectivity index (χ3n) is 3.65. The van der Waals surface area contributed by atoms with Gasteiger partial charge in [-0.2, -0.15) is 0 Å². The number of hydrogen-bond acceptors (Lipinski definition) is 2. The van der Waals surface area contributed by atoms with Crippen molar-refractivity contribution in [1.82, 2.24) is 5.32 Å². The molecule has 3 rings (SSSR count). The molecule has 3 nitrogen and oxygen atoms in total. The second-order valence-electron chi connectivity index (χ2n) is 5.03. The average Bonchev–Trinajstić information content (AvgIpc) is 2.81. The molecule has 2 aromatic rings. The molecule has 0 saturated heterocycles. The van der Waals surface area contributed by atoms with Crippen molar-refractivity contribution in [1.29, 1.82) is 0 Å². The summed E-state index contributed by atoms with van der Waals surface area (Å²) in [6, 6.07) is 12.2. The van der Waals surface area contributed by atoms with Crippen molar-refractivity contribution in [3.63, 3.8) is 0 Å². The van der Waals surface area contributed by atoms with Crippen LogP contribution in [0.15, 0.2) is 36.4 Å². The van der Waals surface area contributed by atoms with Gasteiger partial charge in [0, 0.05) is 14.3 Å². The summed E-state index contributed by atoms with van der Waals surface area (Å²) in [5, 5.41) is 6.79. The minimum atomic E-state index is 0.00972. The predicted octanol–water partition coefficient (Wildman–Crippen LogP) is 3.75. The van der Waals surface area contributed by atoms with E-state index in [9.17, 15) is 4.79 Å². The molecule has 0 spiro atoms. The minimum Gasteiger partial charge on any atom is -0.325 e. The van der Waals surface area contributed by atoms with E-state index in [1.165, 1.54) is 3.57 Å². The number of benzene rings is 2. The van der Waals surface area contributed by atoms with Gasteiger partial charge in [0.25, 0.3) is 0 Å². The third-order valence-corrected chi connectivity index (χ3v) is 4.70. The van der Waals surface area contributed by atoms with Crippen molar-refractivity contribution >= 4 is 45.8 Å². The Morgan fingerprint density at radius 1 is 1.29 bits per heavy atom. The molecule has 0 saturated carbocycles. The molecule has 21 heavy (non-hydrogen) atoms.